The molecule has 1 fully saturated rings. The smallest absolute Gasteiger partial charge is 0.0694 e. The van der Waals surface area contributed by atoms with Crippen LogP contribution in [0, 0.1) is 0 Å². The predicted octanol–water partition coefficient (Wildman–Crippen LogP) is 1.04. The number of rotatable bonds is 2. The number of fused-ring (bicyclic) bond motifs is 1. The molecule has 1 aromatic carbocycles. The molecule has 1 aliphatic rings. The SMILES string of the molecule is NCc1cc2cccc(N3CCNCC3)c2[nH]1. The van der Waals surface area contributed by atoms with Gasteiger partial charge in [0, 0.05) is 43.8 Å². The van der Waals surface area contributed by atoms with Crippen molar-refractivity contribution in [2.24, 2.45) is 5.73 Å². The van der Waals surface area contributed by atoms with Crippen LogP contribution in [0.4, 0.5) is 5.69 Å². The summed E-state index contributed by atoms with van der Waals surface area (Å²) in [6, 6.07) is 8.58. The molecule has 0 amide bonds. The Hall–Kier alpha value is -1.52. The maximum absolute atomic E-state index is 5.69. The average Bonchev–Trinajstić information content (AvgIpc) is 2.82. The van der Waals surface area contributed by atoms with Crippen molar-refractivity contribution in [3.05, 3.63) is 30.0 Å². The van der Waals surface area contributed by atoms with Gasteiger partial charge in [-0.3, -0.25) is 0 Å². The van der Waals surface area contributed by atoms with E-state index in [9.17, 15) is 0 Å². The summed E-state index contributed by atoms with van der Waals surface area (Å²) in [7, 11) is 0. The third kappa shape index (κ3) is 1.90. The Kier molecular flexibility index (Phi) is 2.74. The standard InChI is InChI=1S/C13H18N4/c14-9-11-8-10-2-1-3-12(13(10)16-11)17-6-4-15-5-7-17/h1-3,8,15-16H,4-7,9,14H2. The van der Waals surface area contributed by atoms with E-state index in [1.165, 1.54) is 16.6 Å². The summed E-state index contributed by atoms with van der Waals surface area (Å²) < 4.78 is 0. The molecule has 4 heteroatoms. The fourth-order valence-corrected chi connectivity index (χ4v) is 2.48. The van der Waals surface area contributed by atoms with Crippen LogP contribution < -0.4 is 16.0 Å². The topological polar surface area (TPSA) is 57.1 Å². The van der Waals surface area contributed by atoms with Crippen molar-refractivity contribution >= 4 is 16.6 Å². The number of aromatic amines is 1. The summed E-state index contributed by atoms with van der Waals surface area (Å²) in [5, 5.41) is 4.63. The molecule has 1 saturated heterocycles. The normalized spacial score (nSPS) is 16.6. The summed E-state index contributed by atoms with van der Waals surface area (Å²) in [4.78, 5) is 5.85. The molecule has 2 heterocycles. The largest absolute Gasteiger partial charge is 0.367 e. The number of hydrogen-bond acceptors (Lipinski definition) is 3. The molecular formula is C13H18N4. The maximum atomic E-state index is 5.69. The molecule has 4 N–H and O–H groups in total. The van der Waals surface area contributed by atoms with Crippen LogP contribution in [-0.4, -0.2) is 31.2 Å². The Morgan fingerprint density at radius 1 is 1.24 bits per heavy atom. The summed E-state index contributed by atoms with van der Waals surface area (Å²) in [5.41, 5.74) is 9.30. The first kappa shape index (κ1) is 10.6. The Bertz CT molecular complexity index is 511. The van der Waals surface area contributed by atoms with Gasteiger partial charge in [0.05, 0.1) is 11.2 Å². The molecule has 90 valence electrons. The van der Waals surface area contributed by atoms with Gasteiger partial charge in [-0.25, -0.2) is 0 Å². The number of para-hydroxylation sites is 1. The van der Waals surface area contributed by atoms with E-state index in [4.69, 9.17) is 5.73 Å². The average molecular weight is 230 g/mol. The Morgan fingerprint density at radius 3 is 2.82 bits per heavy atom. The van der Waals surface area contributed by atoms with E-state index in [2.05, 4.69) is 39.5 Å². The first-order valence-corrected chi connectivity index (χ1v) is 6.15. The highest BCUT2D eigenvalue weighted by Crippen LogP contribution is 2.27. The lowest BCUT2D eigenvalue weighted by atomic mass is 10.2. The third-order valence-electron chi connectivity index (χ3n) is 3.37. The van der Waals surface area contributed by atoms with E-state index in [1.54, 1.807) is 0 Å². The second-order valence-electron chi connectivity index (χ2n) is 4.48. The Balaban J connectivity index is 2.05. The lowest BCUT2D eigenvalue weighted by Gasteiger charge is -2.29. The van der Waals surface area contributed by atoms with Gasteiger partial charge in [0.2, 0.25) is 0 Å². The quantitative estimate of drug-likeness (QED) is 0.722. The first-order chi connectivity index (χ1) is 8.38. The highest BCUT2D eigenvalue weighted by atomic mass is 15.2. The number of aromatic nitrogens is 1. The minimum absolute atomic E-state index is 0.565. The van der Waals surface area contributed by atoms with Crippen LogP contribution in [0.2, 0.25) is 0 Å². The zero-order valence-corrected chi connectivity index (χ0v) is 9.87. The van der Waals surface area contributed by atoms with E-state index in [0.717, 1.165) is 31.9 Å². The van der Waals surface area contributed by atoms with Crippen molar-refractivity contribution in [3.8, 4) is 0 Å². The van der Waals surface area contributed by atoms with E-state index in [1.807, 2.05) is 0 Å². The molecular weight excluding hydrogens is 212 g/mol. The van der Waals surface area contributed by atoms with E-state index in [-0.39, 0.29) is 0 Å². The fourth-order valence-electron chi connectivity index (χ4n) is 2.48. The van der Waals surface area contributed by atoms with Gasteiger partial charge in [-0.05, 0) is 12.1 Å². The molecule has 0 spiro atoms. The van der Waals surface area contributed by atoms with Crippen LogP contribution in [0.15, 0.2) is 24.3 Å². The van der Waals surface area contributed by atoms with E-state index >= 15 is 0 Å². The summed E-state index contributed by atoms with van der Waals surface area (Å²) in [6.07, 6.45) is 0. The third-order valence-corrected chi connectivity index (χ3v) is 3.37. The predicted molar refractivity (Wildman–Crippen MR) is 71.3 cm³/mol. The Morgan fingerprint density at radius 2 is 2.06 bits per heavy atom. The van der Waals surface area contributed by atoms with Crippen LogP contribution >= 0.6 is 0 Å². The molecule has 17 heavy (non-hydrogen) atoms. The minimum atomic E-state index is 0.565. The number of H-pyrrole nitrogens is 1. The number of nitrogens with one attached hydrogen (secondary N) is 2. The van der Waals surface area contributed by atoms with Gasteiger partial charge < -0.3 is 20.9 Å². The molecule has 3 rings (SSSR count). The number of nitrogens with zero attached hydrogens (tertiary/aromatic N) is 1. The molecule has 0 bridgehead atoms. The van der Waals surface area contributed by atoms with Gasteiger partial charge in [-0.15, -0.1) is 0 Å². The lowest BCUT2D eigenvalue weighted by molar-refractivity contribution is 0.590. The van der Waals surface area contributed by atoms with Gasteiger partial charge in [-0.2, -0.15) is 0 Å². The number of nitrogens with two attached hydrogens (primary N) is 1. The van der Waals surface area contributed by atoms with Crippen molar-refractivity contribution in [1.29, 1.82) is 0 Å². The zero-order chi connectivity index (χ0) is 11.7. The maximum Gasteiger partial charge on any atom is 0.0694 e. The summed E-state index contributed by atoms with van der Waals surface area (Å²) >= 11 is 0. The van der Waals surface area contributed by atoms with E-state index in [0.29, 0.717) is 6.54 Å². The molecule has 2 aromatic rings. The summed E-state index contributed by atoms with van der Waals surface area (Å²) in [5.74, 6) is 0. The van der Waals surface area contributed by atoms with Gasteiger partial charge in [0.25, 0.3) is 0 Å². The van der Waals surface area contributed by atoms with Gasteiger partial charge in [-0.1, -0.05) is 12.1 Å². The summed E-state index contributed by atoms with van der Waals surface area (Å²) in [6.45, 7) is 4.81. The number of hydrogen-bond donors (Lipinski definition) is 3. The van der Waals surface area contributed by atoms with Crippen LogP contribution in [-0.2, 0) is 6.54 Å². The lowest BCUT2D eigenvalue weighted by Crippen LogP contribution is -2.43. The van der Waals surface area contributed by atoms with Crippen molar-refractivity contribution < 1.29 is 0 Å². The second-order valence-corrected chi connectivity index (χ2v) is 4.48. The monoisotopic (exact) mass is 230 g/mol. The zero-order valence-electron chi connectivity index (χ0n) is 9.87. The van der Waals surface area contributed by atoms with Crippen LogP contribution in [0.3, 0.4) is 0 Å². The highest BCUT2D eigenvalue weighted by Gasteiger charge is 2.14. The second kappa shape index (κ2) is 4.39. The van der Waals surface area contributed by atoms with Crippen molar-refractivity contribution in [2.75, 3.05) is 31.1 Å². The van der Waals surface area contributed by atoms with Crippen molar-refractivity contribution in [3.63, 3.8) is 0 Å². The Labute approximate surface area is 101 Å². The molecule has 0 radical (unpaired) electrons. The van der Waals surface area contributed by atoms with E-state index < -0.39 is 0 Å². The molecule has 1 aromatic heterocycles. The minimum Gasteiger partial charge on any atom is -0.367 e. The highest BCUT2D eigenvalue weighted by molar-refractivity contribution is 5.92. The molecule has 0 saturated carbocycles. The number of anilines is 1. The molecule has 0 atom stereocenters. The first-order valence-electron chi connectivity index (χ1n) is 6.15. The van der Waals surface area contributed by atoms with Gasteiger partial charge in [0.15, 0.2) is 0 Å². The van der Waals surface area contributed by atoms with Gasteiger partial charge in [0.1, 0.15) is 0 Å². The molecule has 0 aliphatic carbocycles. The van der Waals surface area contributed by atoms with Crippen molar-refractivity contribution in [2.45, 2.75) is 6.54 Å². The van der Waals surface area contributed by atoms with Crippen LogP contribution in [0.5, 0.6) is 0 Å². The number of benzene rings is 1. The number of piperazine rings is 1. The molecule has 0 unspecified atom stereocenters. The fraction of sp³-hybridized carbons (Fsp3) is 0.385. The van der Waals surface area contributed by atoms with Crippen molar-refractivity contribution in [1.82, 2.24) is 10.3 Å². The van der Waals surface area contributed by atoms with Crippen LogP contribution in [0.1, 0.15) is 5.69 Å². The van der Waals surface area contributed by atoms with Crippen LogP contribution in [0.25, 0.3) is 10.9 Å². The van der Waals surface area contributed by atoms with Gasteiger partial charge >= 0.3 is 0 Å². The molecule has 1 aliphatic heterocycles. The molecule has 4 nitrogen and oxygen atoms in total.